The summed E-state index contributed by atoms with van der Waals surface area (Å²) in [6.45, 7) is 9.37. The summed E-state index contributed by atoms with van der Waals surface area (Å²) in [5.74, 6) is 0.945. The predicted octanol–water partition coefficient (Wildman–Crippen LogP) is 3.74. The summed E-state index contributed by atoms with van der Waals surface area (Å²) in [6.07, 6.45) is 6.34. The Labute approximate surface area is 105 Å². The number of nitrogens with zero attached hydrogens (tertiary/aromatic N) is 1. The summed E-state index contributed by atoms with van der Waals surface area (Å²) in [5.41, 5.74) is 2.24. The van der Waals surface area contributed by atoms with Crippen LogP contribution in [0.4, 0.5) is 0 Å². The van der Waals surface area contributed by atoms with E-state index in [-0.39, 0.29) is 0 Å². The number of nitrogens with one attached hydrogen (secondary N) is 1. The Morgan fingerprint density at radius 3 is 2.47 bits per heavy atom. The van der Waals surface area contributed by atoms with E-state index in [1.807, 2.05) is 13.8 Å². The normalized spacial score (nSPS) is 12.9. The minimum Gasteiger partial charge on any atom is -0.361 e. The SMILES string of the molecule is CCCCC(CCC)NCc1c(C)noc1C. The maximum Gasteiger partial charge on any atom is 0.138 e. The fraction of sp³-hybridized carbons (Fsp3) is 0.786. The van der Waals surface area contributed by atoms with Crippen molar-refractivity contribution in [2.45, 2.75) is 72.4 Å². The highest BCUT2D eigenvalue weighted by Gasteiger charge is 2.11. The summed E-state index contributed by atoms with van der Waals surface area (Å²) in [4.78, 5) is 0. The number of aryl methyl sites for hydroxylation is 2. The molecule has 1 atom stereocenters. The summed E-state index contributed by atoms with van der Waals surface area (Å²) >= 11 is 0. The van der Waals surface area contributed by atoms with Crippen molar-refractivity contribution in [3.8, 4) is 0 Å². The van der Waals surface area contributed by atoms with Crippen LogP contribution in [-0.4, -0.2) is 11.2 Å². The number of hydrogen-bond donors (Lipinski definition) is 1. The first-order valence-electron chi connectivity index (χ1n) is 6.84. The quantitative estimate of drug-likeness (QED) is 0.749. The van der Waals surface area contributed by atoms with E-state index in [2.05, 4.69) is 24.3 Å². The molecule has 0 saturated carbocycles. The first-order valence-corrected chi connectivity index (χ1v) is 6.84. The van der Waals surface area contributed by atoms with Gasteiger partial charge in [0.05, 0.1) is 5.69 Å². The lowest BCUT2D eigenvalue weighted by atomic mass is 10.0. The Kier molecular flexibility index (Phi) is 6.27. The van der Waals surface area contributed by atoms with Crippen molar-refractivity contribution >= 4 is 0 Å². The van der Waals surface area contributed by atoms with Crippen LogP contribution in [0.25, 0.3) is 0 Å². The smallest absolute Gasteiger partial charge is 0.138 e. The van der Waals surface area contributed by atoms with E-state index in [4.69, 9.17) is 4.52 Å². The van der Waals surface area contributed by atoms with Crippen molar-refractivity contribution in [2.75, 3.05) is 0 Å². The van der Waals surface area contributed by atoms with Crippen LogP contribution >= 0.6 is 0 Å². The van der Waals surface area contributed by atoms with Gasteiger partial charge < -0.3 is 9.84 Å². The molecule has 0 saturated heterocycles. The average molecular weight is 238 g/mol. The third kappa shape index (κ3) is 4.50. The highest BCUT2D eigenvalue weighted by atomic mass is 16.5. The van der Waals surface area contributed by atoms with Gasteiger partial charge in [0.15, 0.2) is 0 Å². The molecule has 98 valence electrons. The van der Waals surface area contributed by atoms with Crippen molar-refractivity contribution < 1.29 is 4.52 Å². The average Bonchev–Trinajstić information content (AvgIpc) is 2.63. The summed E-state index contributed by atoms with van der Waals surface area (Å²) in [7, 11) is 0. The summed E-state index contributed by atoms with van der Waals surface area (Å²) < 4.78 is 5.18. The standard InChI is InChI=1S/C14H26N2O/c1-5-7-9-13(8-6-2)15-10-14-11(3)16-17-12(14)4/h13,15H,5-10H2,1-4H3. The van der Waals surface area contributed by atoms with Gasteiger partial charge in [0, 0.05) is 18.2 Å². The molecule has 1 heterocycles. The molecule has 1 N–H and O–H groups in total. The molecule has 0 spiro atoms. The maximum absolute atomic E-state index is 5.18. The summed E-state index contributed by atoms with van der Waals surface area (Å²) in [6, 6.07) is 0.633. The van der Waals surface area contributed by atoms with Crippen molar-refractivity contribution in [1.82, 2.24) is 10.5 Å². The molecule has 0 aliphatic heterocycles. The van der Waals surface area contributed by atoms with Crippen LogP contribution in [0.1, 0.15) is 63.0 Å². The maximum atomic E-state index is 5.18. The van der Waals surface area contributed by atoms with Crippen molar-refractivity contribution in [3.63, 3.8) is 0 Å². The van der Waals surface area contributed by atoms with Gasteiger partial charge in [0.2, 0.25) is 0 Å². The van der Waals surface area contributed by atoms with E-state index >= 15 is 0 Å². The van der Waals surface area contributed by atoms with Crippen LogP contribution in [-0.2, 0) is 6.54 Å². The van der Waals surface area contributed by atoms with Crippen LogP contribution in [0.2, 0.25) is 0 Å². The monoisotopic (exact) mass is 238 g/mol. The third-order valence-electron chi connectivity index (χ3n) is 3.29. The fourth-order valence-electron chi connectivity index (χ4n) is 2.15. The Morgan fingerprint density at radius 1 is 1.18 bits per heavy atom. The lowest BCUT2D eigenvalue weighted by molar-refractivity contribution is 0.390. The molecule has 1 aromatic heterocycles. The van der Waals surface area contributed by atoms with Crippen LogP contribution in [0, 0.1) is 13.8 Å². The third-order valence-corrected chi connectivity index (χ3v) is 3.29. The fourth-order valence-corrected chi connectivity index (χ4v) is 2.15. The van der Waals surface area contributed by atoms with Crippen LogP contribution in [0.5, 0.6) is 0 Å². The molecule has 1 aromatic rings. The topological polar surface area (TPSA) is 38.1 Å². The lowest BCUT2D eigenvalue weighted by Crippen LogP contribution is -2.28. The number of rotatable bonds is 8. The number of aromatic nitrogens is 1. The van der Waals surface area contributed by atoms with Crippen LogP contribution < -0.4 is 5.32 Å². The van der Waals surface area contributed by atoms with E-state index in [9.17, 15) is 0 Å². The highest BCUT2D eigenvalue weighted by molar-refractivity contribution is 5.20. The number of unbranched alkanes of at least 4 members (excludes halogenated alkanes) is 1. The minimum absolute atomic E-state index is 0.633. The molecule has 0 bridgehead atoms. The van der Waals surface area contributed by atoms with Gasteiger partial charge in [-0.15, -0.1) is 0 Å². The molecule has 0 aromatic carbocycles. The van der Waals surface area contributed by atoms with Gasteiger partial charge in [0.25, 0.3) is 0 Å². The first kappa shape index (κ1) is 14.2. The highest BCUT2D eigenvalue weighted by Crippen LogP contribution is 2.13. The van der Waals surface area contributed by atoms with Gasteiger partial charge >= 0.3 is 0 Å². The van der Waals surface area contributed by atoms with E-state index in [0.717, 1.165) is 18.0 Å². The Hall–Kier alpha value is -0.830. The van der Waals surface area contributed by atoms with Gasteiger partial charge in [-0.3, -0.25) is 0 Å². The van der Waals surface area contributed by atoms with Crippen molar-refractivity contribution in [1.29, 1.82) is 0 Å². The van der Waals surface area contributed by atoms with Gasteiger partial charge in [-0.1, -0.05) is 38.3 Å². The Bertz CT molecular complexity index is 301. The molecule has 0 fully saturated rings. The number of hydrogen-bond acceptors (Lipinski definition) is 3. The zero-order valence-corrected chi connectivity index (χ0v) is 11.7. The van der Waals surface area contributed by atoms with Gasteiger partial charge in [0.1, 0.15) is 5.76 Å². The molecule has 17 heavy (non-hydrogen) atoms. The second-order valence-electron chi connectivity index (χ2n) is 4.81. The van der Waals surface area contributed by atoms with E-state index in [0.29, 0.717) is 6.04 Å². The molecule has 0 aliphatic carbocycles. The van der Waals surface area contributed by atoms with Crippen molar-refractivity contribution in [2.24, 2.45) is 0 Å². The van der Waals surface area contributed by atoms with Crippen molar-refractivity contribution in [3.05, 3.63) is 17.0 Å². The van der Waals surface area contributed by atoms with Crippen LogP contribution in [0.15, 0.2) is 4.52 Å². The molecule has 0 aliphatic rings. The minimum atomic E-state index is 0.633. The Balaban J connectivity index is 2.45. The molecular formula is C14H26N2O. The van der Waals surface area contributed by atoms with E-state index in [1.54, 1.807) is 0 Å². The molecule has 1 unspecified atom stereocenters. The zero-order chi connectivity index (χ0) is 12.7. The van der Waals surface area contributed by atoms with Crippen LogP contribution in [0.3, 0.4) is 0 Å². The zero-order valence-electron chi connectivity index (χ0n) is 11.7. The Morgan fingerprint density at radius 2 is 1.94 bits per heavy atom. The van der Waals surface area contributed by atoms with E-state index < -0.39 is 0 Å². The second-order valence-corrected chi connectivity index (χ2v) is 4.81. The largest absolute Gasteiger partial charge is 0.361 e. The van der Waals surface area contributed by atoms with Gasteiger partial charge in [-0.25, -0.2) is 0 Å². The molecule has 0 amide bonds. The second kappa shape index (κ2) is 7.49. The molecule has 1 rings (SSSR count). The predicted molar refractivity (Wildman–Crippen MR) is 71.0 cm³/mol. The molecule has 3 nitrogen and oxygen atoms in total. The molecule has 0 radical (unpaired) electrons. The van der Waals surface area contributed by atoms with Gasteiger partial charge in [-0.2, -0.15) is 0 Å². The molecule has 3 heteroatoms. The summed E-state index contributed by atoms with van der Waals surface area (Å²) in [5, 5.41) is 7.63. The van der Waals surface area contributed by atoms with Gasteiger partial charge in [-0.05, 0) is 26.7 Å². The molecular weight excluding hydrogens is 212 g/mol. The van der Waals surface area contributed by atoms with E-state index in [1.165, 1.54) is 37.7 Å². The first-order chi connectivity index (χ1) is 8.19. The lowest BCUT2D eigenvalue weighted by Gasteiger charge is -2.17.